The topological polar surface area (TPSA) is 81.2 Å². The normalized spacial score (nSPS) is 28.1. The lowest BCUT2D eigenvalue weighted by molar-refractivity contribution is -0.136. The number of carbonyl (C=O) groups excluding carboxylic acids is 4. The smallest absolute Gasteiger partial charge is 0.253 e. The predicted octanol–water partition coefficient (Wildman–Crippen LogP) is 5.44. The van der Waals surface area contributed by atoms with E-state index in [1.54, 1.807) is 48.5 Å². The standard InChI is InChI=1S/C34H24Cl2N4O4/c35-21-13-7-15-23(17-21)37-31(41)25-27(19-9-3-1-4-10-19)39-30-26(32(42)38(34(30)44)24-16-8-14-22(36)18-24)28(20-11-5-2-6-12-20)40(39)29(25)33(37)43/h1-18,25-30H/t25-,26+,27-,28-,29-,30+/m0/s1. The Kier molecular flexibility index (Phi) is 6.25. The molecule has 0 spiro atoms. The second kappa shape index (κ2) is 10.1. The second-order valence-corrected chi connectivity index (χ2v) is 12.3. The zero-order chi connectivity index (χ0) is 30.3. The second-order valence-electron chi connectivity index (χ2n) is 11.4. The van der Waals surface area contributed by atoms with Crippen LogP contribution in [-0.4, -0.2) is 45.7 Å². The first-order chi connectivity index (χ1) is 21.4. The average molecular weight is 623 g/mol. The summed E-state index contributed by atoms with van der Waals surface area (Å²) in [7, 11) is 0. The Bertz CT molecular complexity index is 1720. The van der Waals surface area contributed by atoms with E-state index in [2.05, 4.69) is 0 Å². The van der Waals surface area contributed by atoms with Crippen molar-refractivity contribution in [2.75, 3.05) is 9.80 Å². The molecule has 4 heterocycles. The Morgan fingerprint density at radius 3 is 1.18 bits per heavy atom. The third kappa shape index (κ3) is 3.78. The summed E-state index contributed by atoms with van der Waals surface area (Å²) in [5, 5.41) is 4.50. The number of hydrogen-bond donors (Lipinski definition) is 0. The van der Waals surface area contributed by atoms with Gasteiger partial charge in [0.1, 0.15) is 12.1 Å². The van der Waals surface area contributed by atoms with E-state index in [0.29, 0.717) is 21.4 Å². The molecular weight excluding hydrogens is 599 g/mol. The maximum absolute atomic E-state index is 14.4. The van der Waals surface area contributed by atoms with E-state index in [1.165, 1.54) is 9.80 Å². The van der Waals surface area contributed by atoms with Crippen molar-refractivity contribution in [3.63, 3.8) is 0 Å². The molecule has 4 amide bonds. The van der Waals surface area contributed by atoms with E-state index in [1.807, 2.05) is 70.7 Å². The van der Waals surface area contributed by atoms with Crippen LogP contribution in [0.15, 0.2) is 109 Å². The molecule has 8 rings (SSSR count). The first-order valence-electron chi connectivity index (χ1n) is 14.3. The summed E-state index contributed by atoms with van der Waals surface area (Å²) < 4.78 is 0. The maximum atomic E-state index is 14.4. The molecule has 0 unspecified atom stereocenters. The fourth-order valence-electron chi connectivity index (χ4n) is 7.54. The highest BCUT2D eigenvalue weighted by atomic mass is 35.5. The van der Waals surface area contributed by atoms with Crippen molar-refractivity contribution < 1.29 is 19.2 Å². The maximum Gasteiger partial charge on any atom is 0.253 e. The number of rotatable bonds is 4. The van der Waals surface area contributed by atoms with E-state index in [-0.39, 0.29) is 11.8 Å². The number of carbonyl (C=O) groups is 4. The van der Waals surface area contributed by atoms with Gasteiger partial charge in [0.15, 0.2) is 0 Å². The molecule has 4 aliphatic rings. The molecule has 44 heavy (non-hydrogen) atoms. The lowest BCUT2D eigenvalue weighted by Gasteiger charge is -2.35. The Balaban J connectivity index is 1.33. The van der Waals surface area contributed by atoms with Gasteiger partial charge in [-0.15, -0.1) is 0 Å². The first-order valence-corrected chi connectivity index (χ1v) is 15.1. The molecule has 0 saturated carbocycles. The van der Waals surface area contributed by atoms with Crippen molar-refractivity contribution in [2.24, 2.45) is 11.8 Å². The van der Waals surface area contributed by atoms with Gasteiger partial charge < -0.3 is 0 Å². The summed E-state index contributed by atoms with van der Waals surface area (Å²) in [5.74, 6) is -3.26. The molecule has 0 aromatic heterocycles. The fraction of sp³-hybridized carbons (Fsp3) is 0.176. The number of halogens is 2. The Morgan fingerprint density at radius 2 is 0.818 bits per heavy atom. The summed E-state index contributed by atoms with van der Waals surface area (Å²) in [5.41, 5.74) is 2.31. The third-order valence-corrected chi connectivity index (χ3v) is 9.61. The predicted molar refractivity (Wildman–Crippen MR) is 164 cm³/mol. The SMILES string of the molecule is O=C1[C@@H]2[C@@H](C(=O)N1c1cccc(Cl)c1)N1[C@@H](c3ccccc3)[C@H]3C(=O)N(c4cccc(Cl)c4)C(=O)[C@@H]3N1[C@H]2c1ccccc1. The largest absolute Gasteiger partial charge is 0.274 e. The zero-order valence-electron chi connectivity index (χ0n) is 23.0. The van der Waals surface area contributed by atoms with Gasteiger partial charge in [0.25, 0.3) is 11.8 Å². The van der Waals surface area contributed by atoms with Gasteiger partial charge in [-0.2, -0.15) is 0 Å². The van der Waals surface area contributed by atoms with Crippen LogP contribution in [0.5, 0.6) is 0 Å². The lowest BCUT2D eigenvalue weighted by atomic mass is 9.84. The van der Waals surface area contributed by atoms with Crippen molar-refractivity contribution in [3.05, 3.63) is 130 Å². The monoisotopic (exact) mass is 622 g/mol. The molecule has 4 saturated heterocycles. The van der Waals surface area contributed by atoms with Crippen LogP contribution in [0.4, 0.5) is 11.4 Å². The number of benzene rings is 4. The van der Waals surface area contributed by atoms with Gasteiger partial charge in [0.2, 0.25) is 11.8 Å². The molecule has 0 bridgehead atoms. The Hall–Kier alpha value is -4.34. The number of imide groups is 2. The van der Waals surface area contributed by atoms with E-state index in [0.717, 1.165) is 11.1 Å². The Labute approximate surface area is 262 Å². The highest BCUT2D eigenvalue weighted by Crippen LogP contribution is 2.59. The Morgan fingerprint density at radius 1 is 0.432 bits per heavy atom. The van der Waals surface area contributed by atoms with E-state index < -0.39 is 47.8 Å². The molecule has 6 atom stereocenters. The highest BCUT2D eigenvalue weighted by Gasteiger charge is 2.73. The summed E-state index contributed by atoms with van der Waals surface area (Å²) in [6.07, 6.45) is 0. The van der Waals surface area contributed by atoms with E-state index >= 15 is 0 Å². The van der Waals surface area contributed by atoms with Crippen LogP contribution in [0, 0.1) is 11.8 Å². The van der Waals surface area contributed by atoms with Gasteiger partial charge in [-0.1, -0.05) is 96.0 Å². The highest BCUT2D eigenvalue weighted by molar-refractivity contribution is 6.32. The molecule has 4 aliphatic heterocycles. The van der Waals surface area contributed by atoms with Crippen LogP contribution >= 0.6 is 23.2 Å². The van der Waals surface area contributed by atoms with E-state index in [4.69, 9.17) is 23.2 Å². The molecule has 4 aromatic rings. The van der Waals surface area contributed by atoms with Crippen LogP contribution in [0.3, 0.4) is 0 Å². The van der Waals surface area contributed by atoms with Crippen LogP contribution in [0.2, 0.25) is 10.0 Å². The fourth-order valence-corrected chi connectivity index (χ4v) is 7.91. The molecule has 0 N–H and O–H groups in total. The molecular formula is C34H24Cl2N4O4. The van der Waals surface area contributed by atoms with Crippen molar-refractivity contribution in [3.8, 4) is 0 Å². The van der Waals surface area contributed by atoms with Gasteiger partial charge in [-0.3, -0.25) is 19.2 Å². The van der Waals surface area contributed by atoms with Crippen LogP contribution in [-0.2, 0) is 19.2 Å². The molecule has 218 valence electrons. The number of amides is 4. The summed E-state index contributed by atoms with van der Waals surface area (Å²) >= 11 is 12.5. The van der Waals surface area contributed by atoms with Crippen LogP contribution in [0.25, 0.3) is 0 Å². The van der Waals surface area contributed by atoms with Gasteiger partial charge in [0.05, 0.1) is 35.3 Å². The molecule has 10 heteroatoms. The minimum Gasteiger partial charge on any atom is -0.274 e. The summed E-state index contributed by atoms with van der Waals surface area (Å²) in [6.45, 7) is 0. The summed E-state index contributed by atoms with van der Waals surface area (Å²) in [4.78, 5) is 59.9. The third-order valence-electron chi connectivity index (χ3n) is 9.14. The van der Waals surface area contributed by atoms with Crippen molar-refractivity contribution >= 4 is 58.2 Å². The molecule has 4 aromatic carbocycles. The number of hydrogen-bond acceptors (Lipinski definition) is 6. The quantitative estimate of drug-likeness (QED) is 0.282. The average Bonchev–Trinajstić information content (AvgIpc) is 3.69. The van der Waals surface area contributed by atoms with Gasteiger partial charge in [0, 0.05) is 10.0 Å². The lowest BCUT2D eigenvalue weighted by Crippen LogP contribution is -2.50. The van der Waals surface area contributed by atoms with Crippen molar-refractivity contribution in [2.45, 2.75) is 24.2 Å². The van der Waals surface area contributed by atoms with Crippen molar-refractivity contribution in [1.29, 1.82) is 0 Å². The minimum absolute atomic E-state index is 0.377. The number of hydrazine groups is 1. The minimum atomic E-state index is -0.942. The number of anilines is 2. The van der Waals surface area contributed by atoms with E-state index in [9.17, 15) is 19.2 Å². The number of nitrogens with zero attached hydrogens (tertiary/aromatic N) is 4. The van der Waals surface area contributed by atoms with Crippen molar-refractivity contribution in [1.82, 2.24) is 10.0 Å². The first kappa shape index (κ1) is 27.2. The zero-order valence-corrected chi connectivity index (χ0v) is 24.5. The molecule has 4 fully saturated rings. The molecule has 0 aliphatic carbocycles. The van der Waals surface area contributed by atoms with Crippen LogP contribution in [0.1, 0.15) is 23.2 Å². The molecule has 0 radical (unpaired) electrons. The van der Waals surface area contributed by atoms with Crippen LogP contribution < -0.4 is 9.80 Å². The molecule has 8 nitrogen and oxygen atoms in total. The number of fused-ring (bicyclic) bond motifs is 5. The summed E-state index contributed by atoms with van der Waals surface area (Å²) in [6, 6.07) is 28.9. The van der Waals surface area contributed by atoms with Gasteiger partial charge in [-0.05, 0) is 47.5 Å². The van der Waals surface area contributed by atoms with Gasteiger partial charge >= 0.3 is 0 Å². The van der Waals surface area contributed by atoms with Gasteiger partial charge in [-0.25, -0.2) is 19.8 Å².